The van der Waals surface area contributed by atoms with Gasteiger partial charge in [0.15, 0.2) is 0 Å². The monoisotopic (exact) mass is 314 g/mol. The molecule has 1 heterocycles. The number of rotatable bonds is 1. The highest BCUT2D eigenvalue weighted by Gasteiger charge is 2.22. The van der Waals surface area contributed by atoms with Crippen LogP contribution in [0.1, 0.15) is 49.1 Å². The van der Waals surface area contributed by atoms with Crippen molar-refractivity contribution in [3.63, 3.8) is 0 Å². The Kier molecular flexibility index (Phi) is 3.16. The highest BCUT2D eigenvalue weighted by atomic mass is 16.3. The van der Waals surface area contributed by atoms with Crippen LogP contribution in [0.5, 0.6) is 0 Å². The minimum absolute atomic E-state index is 0.646. The van der Waals surface area contributed by atoms with Gasteiger partial charge in [-0.1, -0.05) is 55.2 Å². The number of furan rings is 1. The van der Waals surface area contributed by atoms with Crippen molar-refractivity contribution in [3.8, 4) is 0 Å². The van der Waals surface area contributed by atoms with E-state index in [1.807, 2.05) is 0 Å². The third-order valence-corrected chi connectivity index (χ3v) is 5.69. The standard InChI is InChI=1S/C23H22O/c1-15-11-12-21-20(13-15)22-18-10-6-5-9-17(18)14-19(23(22)24-21)16-7-3-2-4-8-16/h5-6,9-14,16H,2-4,7-8H2,1H3. The Hall–Kier alpha value is -2.28. The van der Waals surface area contributed by atoms with E-state index in [0.29, 0.717) is 5.92 Å². The van der Waals surface area contributed by atoms with E-state index in [0.717, 1.165) is 11.2 Å². The second-order valence-electron chi connectivity index (χ2n) is 7.33. The zero-order valence-corrected chi connectivity index (χ0v) is 14.1. The fourth-order valence-electron chi connectivity index (χ4n) is 4.48. The van der Waals surface area contributed by atoms with E-state index >= 15 is 0 Å². The van der Waals surface area contributed by atoms with Gasteiger partial charge in [0.25, 0.3) is 0 Å². The maximum Gasteiger partial charge on any atom is 0.139 e. The van der Waals surface area contributed by atoms with Crippen molar-refractivity contribution in [2.45, 2.75) is 44.9 Å². The Morgan fingerprint density at radius 2 is 1.71 bits per heavy atom. The predicted molar refractivity (Wildman–Crippen MR) is 102 cm³/mol. The minimum Gasteiger partial charge on any atom is -0.456 e. The molecule has 4 aromatic rings. The quantitative estimate of drug-likeness (QED) is 0.365. The van der Waals surface area contributed by atoms with Gasteiger partial charge in [-0.2, -0.15) is 0 Å². The Bertz CT molecular complexity index is 1050. The summed E-state index contributed by atoms with van der Waals surface area (Å²) in [4.78, 5) is 0. The highest BCUT2D eigenvalue weighted by Crippen LogP contribution is 2.43. The van der Waals surface area contributed by atoms with Gasteiger partial charge in [-0.15, -0.1) is 0 Å². The lowest BCUT2D eigenvalue weighted by molar-refractivity contribution is 0.442. The maximum atomic E-state index is 6.40. The summed E-state index contributed by atoms with van der Waals surface area (Å²) in [6, 6.07) is 17.7. The lowest BCUT2D eigenvalue weighted by atomic mass is 9.82. The SMILES string of the molecule is Cc1ccc2oc3c(C4CCCCC4)cc4ccccc4c3c2c1. The molecule has 0 radical (unpaired) electrons. The predicted octanol–water partition coefficient (Wildman–Crippen LogP) is 7.10. The third kappa shape index (κ3) is 2.07. The van der Waals surface area contributed by atoms with Crippen molar-refractivity contribution in [1.29, 1.82) is 0 Å². The molecule has 0 unspecified atom stereocenters. The van der Waals surface area contributed by atoms with Crippen LogP contribution in [0.15, 0.2) is 52.9 Å². The molecule has 0 spiro atoms. The molecule has 5 rings (SSSR count). The number of hydrogen-bond donors (Lipinski definition) is 0. The second-order valence-corrected chi connectivity index (χ2v) is 7.33. The Morgan fingerprint density at radius 1 is 0.875 bits per heavy atom. The summed E-state index contributed by atoms with van der Waals surface area (Å²) < 4.78 is 6.40. The van der Waals surface area contributed by atoms with Gasteiger partial charge in [0, 0.05) is 10.8 Å². The molecule has 0 amide bonds. The van der Waals surface area contributed by atoms with Crippen LogP contribution in [0, 0.1) is 6.92 Å². The highest BCUT2D eigenvalue weighted by molar-refractivity contribution is 6.19. The van der Waals surface area contributed by atoms with E-state index in [1.165, 1.54) is 64.8 Å². The van der Waals surface area contributed by atoms with Crippen LogP contribution >= 0.6 is 0 Å². The molecular formula is C23H22O. The van der Waals surface area contributed by atoms with Gasteiger partial charge in [-0.25, -0.2) is 0 Å². The summed E-state index contributed by atoms with van der Waals surface area (Å²) in [6.45, 7) is 2.16. The van der Waals surface area contributed by atoms with E-state index in [-0.39, 0.29) is 0 Å². The van der Waals surface area contributed by atoms with Crippen molar-refractivity contribution >= 4 is 32.7 Å². The first kappa shape index (κ1) is 14.1. The normalized spacial score (nSPS) is 16.4. The number of hydrogen-bond acceptors (Lipinski definition) is 1. The summed E-state index contributed by atoms with van der Waals surface area (Å²) in [5, 5.41) is 5.23. The molecule has 0 N–H and O–H groups in total. The van der Waals surface area contributed by atoms with Gasteiger partial charge >= 0.3 is 0 Å². The van der Waals surface area contributed by atoms with Crippen LogP contribution in [-0.2, 0) is 0 Å². The Balaban J connectivity index is 1.92. The molecule has 3 aromatic carbocycles. The second kappa shape index (κ2) is 5.37. The van der Waals surface area contributed by atoms with Crippen LogP contribution in [0.25, 0.3) is 32.7 Å². The summed E-state index contributed by atoms with van der Waals surface area (Å²) in [5.74, 6) is 0.646. The van der Waals surface area contributed by atoms with E-state index in [9.17, 15) is 0 Å². The zero-order chi connectivity index (χ0) is 16.1. The summed E-state index contributed by atoms with van der Waals surface area (Å²) in [6.07, 6.45) is 6.66. The molecule has 0 bridgehead atoms. The molecular weight excluding hydrogens is 292 g/mol. The average molecular weight is 314 g/mol. The van der Waals surface area contributed by atoms with Gasteiger partial charge in [0.1, 0.15) is 11.2 Å². The lowest BCUT2D eigenvalue weighted by Gasteiger charge is -2.22. The summed E-state index contributed by atoms with van der Waals surface area (Å²) in [7, 11) is 0. The van der Waals surface area contributed by atoms with E-state index in [4.69, 9.17) is 4.42 Å². The molecule has 0 atom stereocenters. The van der Waals surface area contributed by atoms with Gasteiger partial charge in [0.2, 0.25) is 0 Å². The molecule has 1 saturated carbocycles. The number of aryl methyl sites for hydroxylation is 1. The molecule has 0 saturated heterocycles. The number of benzene rings is 3. The minimum atomic E-state index is 0.646. The first-order chi connectivity index (χ1) is 11.8. The van der Waals surface area contributed by atoms with Crippen LogP contribution in [-0.4, -0.2) is 0 Å². The molecule has 120 valence electrons. The molecule has 1 fully saturated rings. The van der Waals surface area contributed by atoms with Crippen LogP contribution in [0.2, 0.25) is 0 Å². The van der Waals surface area contributed by atoms with Crippen molar-refractivity contribution in [3.05, 3.63) is 59.7 Å². The summed E-state index contributed by atoms with van der Waals surface area (Å²) in [5.41, 5.74) is 4.86. The molecule has 1 heteroatoms. The smallest absolute Gasteiger partial charge is 0.139 e. The number of fused-ring (bicyclic) bond motifs is 5. The van der Waals surface area contributed by atoms with Crippen molar-refractivity contribution in [1.82, 2.24) is 0 Å². The Labute approximate surface area is 142 Å². The van der Waals surface area contributed by atoms with Crippen molar-refractivity contribution < 1.29 is 4.42 Å². The fourth-order valence-corrected chi connectivity index (χ4v) is 4.48. The summed E-state index contributed by atoms with van der Waals surface area (Å²) >= 11 is 0. The maximum absolute atomic E-state index is 6.40. The fraction of sp³-hybridized carbons (Fsp3) is 0.304. The van der Waals surface area contributed by atoms with E-state index < -0.39 is 0 Å². The molecule has 1 nitrogen and oxygen atoms in total. The van der Waals surface area contributed by atoms with Gasteiger partial charge in [-0.3, -0.25) is 0 Å². The molecule has 24 heavy (non-hydrogen) atoms. The van der Waals surface area contributed by atoms with E-state index in [2.05, 4.69) is 55.5 Å². The van der Waals surface area contributed by atoms with E-state index in [1.54, 1.807) is 0 Å². The first-order valence-corrected chi connectivity index (χ1v) is 9.16. The van der Waals surface area contributed by atoms with Gasteiger partial charge in [-0.05, 0) is 60.2 Å². The van der Waals surface area contributed by atoms with Crippen molar-refractivity contribution in [2.75, 3.05) is 0 Å². The van der Waals surface area contributed by atoms with Crippen LogP contribution in [0.4, 0.5) is 0 Å². The topological polar surface area (TPSA) is 13.1 Å². The average Bonchev–Trinajstić information content (AvgIpc) is 3.01. The van der Waals surface area contributed by atoms with Gasteiger partial charge < -0.3 is 4.42 Å². The van der Waals surface area contributed by atoms with Crippen molar-refractivity contribution in [2.24, 2.45) is 0 Å². The first-order valence-electron chi connectivity index (χ1n) is 9.16. The lowest BCUT2D eigenvalue weighted by Crippen LogP contribution is -2.04. The molecule has 1 aliphatic rings. The third-order valence-electron chi connectivity index (χ3n) is 5.69. The van der Waals surface area contributed by atoms with Gasteiger partial charge in [0.05, 0.1) is 0 Å². The largest absolute Gasteiger partial charge is 0.456 e. The Morgan fingerprint density at radius 3 is 2.58 bits per heavy atom. The molecule has 1 aromatic heterocycles. The molecule has 0 aliphatic heterocycles. The van der Waals surface area contributed by atoms with Crippen LogP contribution < -0.4 is 0 Å². The zero-order valence-electron chi connectivity index (χ0n) is 14.1. The van der Waals surface area contributed by atoms with Crippen LogP contribution in [0.3, 0.4) is 0 Å². The molecule has 1 aliphatic carbocycles.